The van der Waals surface area contributed by atoms with Crippen molar-refractivity contribution in [3.8, 4) is 5.75 Å². The summed E-state index contributed by atoms with van der Waals surface area (Å²) in [6.07, 6.45) is -8.11. The van der Waals surface area contributed by atoms with Gasteiger partial charge in [-0.05, 0) is 38.5 Å². The summed E-state index contributed by atoms with van der Waals surface area (Å²) in [7, 11) is 0. The van der Waals surface area contributed by atoms with Gasteiger partial charge in [0.15, 0.2) is 0 Å². The smallest absolute Gasteiger partial charge is 0.408 e. The predicted octanol–water partition coefficient (Wildman–Crippen LogP) is -1.20. The van der Waals surface area contributed by atoms with Gasteiger partial charge in [0.2, 0.25) is 12.2 Å². The summed E-state index contributed by atoms with van der Waals surface area (Å²) in [6, 6.07) is 3.62. The van der Waals surface area contributed by atoms with Gasteiger partial charge in [0.1, 0.15) is 47.9 Å². The lowest BCUT2D eigenvalue weighted by Crippen LogP contribution is -2.60. The van der Waals surface area contributed by atoms with Gasteiger partial charge in [-0.2, -0.15) is 12.6 Å². The molecule has 7 atom stereocenters. The third kappa shape index (κ3) is 9.02. The average molecular weight is 547 g/mol. The van der Waals surface area contributed by atoms with Gasteiger partial charge >= 0.3 is 12.1 Å². The maximum absolute atomic E-state index is 12.8. The lowest BCUT2D eigenvalue weighted by atomic mass is 9.99. The molecule has 0 saturated carbocycles. The second-order valence-electron chi connectivity index (χ2n) is 9.44. The Bertz CT molecular complexity index is 922. The van der Waals surface area contributed by atoms with Gasteiger partial charge in [-0.1, -0.05) is 12.1 Å². The molecule has 208 valence electrons. The van der Waals surface area contributed by atoms with Crippen molar-refractivity contribution in [1.82, 2.24) is 10.6 Å². The zero-order valence-corrected chi connectivity index (χ0v) is 21.5. The summed E-state index contributed by atoms with van der Waals surface area (Å²) < 4.78 is 16.1. The molecule has 1 aromatic carbocycles. The lowest BCUT2D eigenvalue weighted by molar-refractivity contribution is -0.277. The first-order chi connectivity index (χ1) is 17.2. The molecule has 2 amide bonds. The highest BCUT2D eigenvalue weighted by Crippen LogP contribution is 2.24. The second-order valence-corrected chi connectivity index (χ2v) is 9.81. The first-order valence-electron chi connectivity index (χ1n) is 11.5. The Hall–Kier alpha value is -2.62. The molecule has 1 heterocycles. The molecule has 14 heteroatoms. The van der Waals surface area contributed by atoms with E-state index in [4.69, 9.17) is 14.2 Å². The first kappa shape index (κ1) is 30.6. The van der Waals surface area contributed by atoms with Crippen LogP contribution in [0.15, 0.2) is 24.3 Å². The minimum atomic E-state index is -1.60. The third-order valence-corrected chi connectivity index (χ3v) is 5.63. The summed E-state index contributed by atoms with van der Waals surface area (Å²) in [5.74, 6) is -2.00. The molecule has 1 aromatic rings. The van der Waals surface area contributed by atoms with Crippen LogP contribution in [0, 0.1) is 0 Å². The summed E-state index contributed by atoms with van der Waals surface area (Å²) in [5, 5.41) is 53.2. The number of aliphatic hydroxyl groups excluding tert-OH is 4. The van der Waals surface area contributed by atoms with Gasteiger partial charge in [-0.15, -0.1) is 0 Å². The van der Waals surface area contributed by atoms with Gasteiger partial charge in [0.25, 0.3) is 0 Å². The molecule has 0 aromatic heterocycles. The van der Waals surface area contributed by atoms with Gasteiger partial charge < -0.3 is 50.4 Å². The summed E-state index contributed by atoms with van der Waals surface area (Å²) in [5.41, 5.74) is -0.279. The predicted molar refractivity (Wildman–Crippen MR) is 131 cm³/mol. The molecule has 0 bridgehead atoms. The summed E-state index contributed by atoms with van der Waals surface area (Å²) in [4.78, 5) is 36.4. The summed E-state index contributed by atoms with van der Waals surface area (Å²) >= 11 is 3.92. The topological polar surface area (TPSA) is 204 Å². The van der Waals surface area contributed by atoms with Crippen LogP contribution < -0.4 is 15.4 Å². The fraction of sp³-hybridized carbons (Fsp3) is 0.609. The number of carboxylic acid groups (broad SMARTS) is 1. The van der Waals surface area contributed by atoms with E-state index >= 15 is 0 Å². The van der Waals surface area contributed by atoms with E-state index in [1.807, 2.05) is 0 Å². The Kier molecular flexibility index (Phi) is 11.0. The lowest BCUT2D eigenvalue weighted by Gasteiger charge is -2.39. The molecule has 7 N–H and O–H groups in total. The van der Waals surface area contributed by atoms with Crippen molar-refractivity contribution < 1.29 is 54.1 Å². The first-order valence-corrected chi connectivity index (χ1v) is 12.1. The third-order valence-electron chi connectivity index (χ3n) is 5.27. The van der Waals surface area contributed by atoms with Crippen LogP contribution in [0.2, 0.25) is 0 Å². The number of carbonyl (C=O) groups is 3. The van der Waals surface area contributed by atoms with Gasteiger partial charge in [-0.25, -0.2) is 9.59 Å². The molecule has 0 aliphatic carbocycles. The van der Waals surface area contributed by atoms with Crippen LogP contribution in [0.25, 0.3) is 0 Å². The number of nitrogens with one attached hydrogen (secondary N) is 2. The van der Waals surface area contributed by atoms with Crippen molar-refractivity contribution in [2.24, 2.45) is 0 Å². The maximum Gasteiger partial charge on any atom is 0.408 e. The van der Waals surface area contributed by atoms with Crippen molar-refractivity contribution in [1.29, 1.82) is 0 Å². The van der Waals surface area contributed by atoms with Crippen LogP contribution >= 0.6 is 12.6 Å². The Morgan fingerprint density at radius 2 is 1.65 bits per heavy atom. The van der Waals surface area contributed by atoms with E-state index in [9.17, 15) is 39.9 Å². The summed E-state index contributed by atoms with van der Waals surface area (Å²) in [6.45, 7) is 4.35. The number of rotatable bonds is 10. The highest BCUT2D eigenvalue weighted by atomic mass is 32.1. The number of hydrogen-bond donors (Lipinski definition) is 8. The Morgan fingerprint density at radius 3 is 2.16 bits per heavy atom. The van der Waals surface area contributed by atoms with Gasteiger partial charge in [-0.3, -0.25) is 4.79 Å². The molecule has 1 fully saturated rings. The SMILES string of the molecule is CC(C)(C)OC(=O)N[C@@H](Cc1ccc(O[C@@H]2O[C@H](CO)[C@@H](O)[C@H](O)[C@H]2O)cc1)C(=O)N[C@@H](CS)C(=O)O. The molecule has 1 aliphatic heterocycles. The molecular formula is C23H34N2O11S. The zero-order valence-electron chi connectivity index (χ0n) is 20.6. The van der Waals surface area contributed by atoms with E-state index in [1.165, 1.54) is 12.1 Å². The van der Waals surface area contributed by atoms with E-state index in [2.05, 4.69) is 23.3 Å². The number of aliphatic hydroxyl groups is 4. The van der Waals surface area contributed by atoms with Crippen molar-refractivity contribution >= 4 is 30.6 Å². The minimum absolute atomic E-state index is 0.0374. The Balaban J connectivity index is 2.13. The van der Waals surface area contributed by atoms with E-state index in [0.29, 0.717) is 5.56 Å². The van der Waals surface area contributed by atoms with Crippen LogP contribution in [0.4, 0.5) is 4.79 Å². The average Bonchev–Trinajstić information content (AvgIpc) is 2.82. The number of aliphatic carboxylic acids is 1. The monoisotopic (exact) mass is 546 g/mol. The number of thiol groups is 1. The van der Waals surface area contributed by atoms with Crippen LogP contribution in [-0.4, -0.2) is 104 Å². The number of carbonyl (C=O) groups excluding carboxylic acids is 2. The molecule has 0 spiro atoms. The minimum Gasteiger partial charge on any atom is -0.480 e. The van der Waals surface area contributed by atoms with E-state index < -0.39 is 73.0 Å². The quantitative estimate of drug-likeness (QED) is 0.164. The van der Waals surface area contributed by atoms with Crippen molar-refractivity contribution in [2.75, 3.05) is 12.4 Å². The highest BCUT2D eigenvalue weighted by molar-refractivity contribution is 7.80. The zero-order chi connectivity index (χ0) is 27.9. The number of hydrogen-bond acceptors (Lipinski definition) is 11. The van der Waals surface area contributed by atoms with Crippen molar-refractivity contribution in [2.45, 2.75) is 75.6 Å². The molecule has 0 radical (unpaired) electrons. The molecule has 0 unspecified atom stereocenters. The normalized spacial score (nSPS) is 25.5. The molecule has 13 nitrogen and oxygen atoms in total. The molecular weight excluding hydrogens is 512 g/mol. The van der Waals surface area contributed by atoms with Crippen LogP contribution in [0.5, 0.6) is 5.75 Å². The molecule has 2 rings (SSSR count). The van der Waals surface area contributed by atoms with E-state index in [0.717, 1.165) is 0 Å². The van der Waals surface area contributed by atoms with Crippen molar-refractivity contribution in [3.05, 3.63) is 29.8 Å². The van der Waals surface area contributed by atoms with Crippen LogP contribution in [-0.2, 0) is 25.5 Å². The standard InChI is InChI=1S/C23H34N2O11S/c1-23(2,3)36-22(33)25-13(19(30)24-14(10-37)20(31)32)8-11-4-6-12(7-5-11)34-21-18(29)17(28)16(27)15(9-26)35-21/h4-7,13-18,21,26-29,37H,8-10H2,1-3H3,(H,24,30)(H,25,33)(H,31,32)/t13-,14-,15+,16+,17-,18+,21+/m0/s1. The van der Waals surface area contributed by atoms with Gasteiger partial charge in [0.05, 0.1) is 6.61 Å². The largest absolute Gasteiger partial charge is 0.480 e. The van der Waals surface area contributed by atoms with Crippen molar-refractivity contribution in [3.63, 3.8) is 0 Å². The molecule has 37 heavy (non-hydrogen) atoms. The van der Waals surface area contributed by atoms with Crippen LogP contribution in [0.3, 0.4) is 0 Å². The van der Waals surface area contributed by atoms with Gasteiger partial charge in [0, 0.05) is 12.2 Å². The number of benzene rings is 1. The Labute approximate surface area is 219 Å². The number of carboxylic acids is 1. The fourth-order valence-corrected chi connectivity index (χ4v) is 3.60. The van der Waals surface area contributed by atoms with E-state index in [-0.39, 0.29) is 17.9 Å². The second kappa shape index (κ2) is 13.3. The highest BCUT2D eigenvalue weighted by Gasteiger charge is 2.44. The number of ether oxygens (including phenoxy) is 3. The maximum atomic E-state index is 12.8. The Morgan fingerprint density at radius 1 is 1.03 bits per heavy atom. The molecule has 1 saturated heterocycles. The molecule has 1 aliphatic rings. The van der Waals surface area contributed by atoms with Crippen LogP contribution in [0.1, 0.15) is 26.3 Å². The van der Waals surface area contributed by atoms with E-state index in [1.54, 1.807) is 32.9 Å². The number of amides is 2. The number of alkyl carbamates (subject to hydrolysis) is 1. The fourth-order valence-electron chi connectivity index (χ4n) is 3.36.